The minimum atomic E-state index is -0.0202. The Morgan fingerprint density at radius 2 is 1.85 bits per heavy atom. The summed E-state index contributed by atoms with van der Waals surface area (Å²) >= 11 is 3.40. The van der Waals surface area contributed by atoms with Gasteiger partial charge in [-0.15, -0.1) is 0 Å². The van der Waals surface area contributed by atoms with E-state index in [0.29, 0.717) is 6.61 Å². The first-order chi connectivity index (χ1) is 9.65. The number of ketones is 1. The molecular formula is C16H26BrNO2. The zero-order valence-corrected chi connectivity index (χ0v) is 14.5. The maximum Gasteiger partial charge on any atom is 0.137 e. The Morgan fingerprint density at radius 1 is 1.25 bits per heavy atom. The van der Waals surface area contributed by atoms with Gasteiger partial charge in [0, 0.05) is 24.0 Å². The summed E-state index contributed by atoms with van der Waals surface area (Å²) in [6, 6.07) is 7.96. The monoisotopic (exact) mass is 343 g/mol. The smallest absolute Gasteiger partial charge is 0.137 e. The molecule has 0 aliphatic heterocycles. The Balaban J connectivity index is 0.00000172. The van der Waals surface area contributed by atoms with Gasteiger partial charge in [-0.3, -0.25) is 4.79 Å². The van der Waals surface area contributed by atoms with Gasteiger partial charge in [-0.05, 0) is 37.6 Å². The van der Waals surface area contributed by atoms with Crippen LogP contribution in [0.1, 0.15) is 38.7 Å². The van der Waals surface area contributed by atoms with E-state index in [1.807, 2.05) is 38.1 Å². The van der Waals surface area contributed by atoms with Crippen LogP contribution in [0.5, 0.6) is 0 Å². The number of ether oxygens (including phenoxy) is 1. The number of nitrogens with one attached hydrogen (secondary N) is 1. The Morgan fingerprint density at radius 3 is 2.35 bits per heavy atom. The molecule has 0 amide bonds. The predicted molar refractivity (Wildman–Crippen MR) is 88.3 cm³/mol. The van der Waals surface area contributed by atoms with Crippen LogP contribution >= 0.6 is 15.9 Å². The fourth-order valence-electron chi connectivity index (χ4n) is 1.85. The fraction of sp³-hybridized carbons (Fsp3) is 0.562. The Kier molecular flexibility index (Phi) is 11.6. The van der Waals surface area contributed by atoms with E-state index in [-0.39, 0.29) is 11.7 Å². The lowest BCUT2D eigenvalue weighted by atomic mass is 9.92. The molecule has 1 atom stereocenters. The minimum Gasteiger partial charge on any atom is -0.383 e. The standard InChI is InChI=1S/C14H20BrNO2.C2H6/c1-11(17)14(7-8-16-9-10-18-2)12-3-5-13(15)6-4-12;1-2/h3-6,14,16H,7-10H2,1-2H3;1-2H3. The van der Waals surface area contributed by atoms with Crippen LogP contribution in [0.15, 0.2) is 28.7 Å². The molecule has 0 fully saturated rings. The summed E-state index contributed by atoms with van der Waals surface area (Å²) in [4.78, 5) is 11.7. The van der Waals surface area contributed by atoms with E-state index in [0.717, 1.165) is 29.5 Å². The minimum absolute atomic E-state index is 0.0202. The molecule has 0 aromatic heterocycles. The average Bonchev–Trinajstić information content (AvgIpc) is 2.46. The Hall–Kier alpha value is -0.710. The third-order valence-corrected chi connectivity index (χ3v) is 3.38. The molecule has 0 saturated carbocycles. The summed E-state index contributed by atoms with van der Waals surface area (Å²) in [5, 5.41) is 3.27. The second-order valence-corrected chi connectivity index (χ2v) is 5.16. The maximum absolute atomic E-state index is 11.7. The highest BCUT2D eigenvalue weighted by Crippen LogP contribution is 2.22. The van der Waals surface area contributed by atoms with E-state index in [4.69, 9.17) is 4.74 Å². The zero-order chi connectivity index (χ0) is 15.4. The third-order valence-electron chi connectivity index (χ3n) is 2.86. The number of hydrogen-bond acceptors (Lipinski definition) is 3. The van der Waals surface area contributed by atoms with Crippen molar-refractivity contribution in [2.75, 3.05) is 26.8 Å². The molecule has 0 radical (unpaired) electrons. The lowest BCUT2D eigenvalue weighted by Crippen LogP contribution is -2.23. The van der Waals surface area contributed by atoms with Gasteiger partial charge in [-0.2, -0.15) is 0 Å². The molecule has 1 unspecified atom stereocenters. The molecule has 1 rings (SSSR count). The quantitative estimate of drug-likeness (QED) is 0.730. The summed E-state index contributed by atoms with van der Waals surface area (Å²) in [6.07, 6.45) is 0.820. The van der Waals surface area contributed by atoms with Crippen LogP contribution in [0.3, 0.4) is 0 Å². The SMILES string of the molecule is CC.COCCNCCC(C(C)=O)c1ccc(Br)cc1. The van der Waals surface area contributed by atoms with Crippen molar-refractivity contribution in [1.82, 2.24) is 5.32 Å². The fourth-order valence-corrected chi connectivity index (χ4v) is 2.11. The molecule has 0 heterocycles. The van der Waals surface area contributed by atoms with Crippen LogP contribution in [0.2, 0.25) is 0 Å². The molecule has 1 N–H and O–H groups in total. The Labute approximate surface area is 131 Å². The van der Waals surface area contributed by atoms with Crippen LogP contribution in [-0.4, -0.2) is 32.6 Å². The van der Waals surface area contributed by atoms with Crippen LogP contribution < -0.4 is 5.32 Å². The summed E-state index contributed by atoms with van der Waals surface area (Å²) < 4.78 is 5.99. The van der Waals surface area contributed by atoms with Crippen LogP contribution in [0.4, 0.5) is 0 Å². The van der Waals surface area contributed by atoms with Crippen molar-refractivity contribution < 1.29 is 9.53 Å². The molecule has 0 aliphatic carbocycles. The van der Waals surface area contributed by atoms with Gasteiger partial charge in [0.1, 0.15) is 5.78 Å². The molecule has 1 aromatic carbocycles. The molecule has 114 valence electrons. The van der Waals surface area contributed by atoms with Crippen LogP contribution in [0, 0.1) is 0 Å². The lowest BCUT2D eigenvalue weighted by molar-refractivity contribution is -0.118. The molecule has 3 nitrogen and oxygen atoms in total. The van der Waals surface area contributed by atoms with Gasteiger partial charge in [-0.1, -0.05) is 41.9 Å². The van der Waals surface area contributed by atoms with Crippen molar-refractivity contribution in [3.8, 4) is 0 Å². The second kappa shape index (κ2) is 12.1. The number of benzene rings is 1. The lowest BCUT2D eigenvalue weighted by Gasteiger charge is -2.14. The molecule has 20 heavy (non-hydrogen) atoms. The number of carbonyl (C=O) groups is 1. The van der Waals surface area contributed by atoms with E-state index < -0.39 is 0 Å². The van der Waals surface area contributed by atoms with Crippen LogP contribution in [-0.2, 0) is 9.53 Å². The first kappa shape index (κ1) is 19.3. The predicted octanol–water partition coefficient (Wildman–Crippen LogP) is 3.77. The summed E-state index contributed by atoms with van der Waals surface area (Å²) in [5.74, 6) is 0.194. The first-order valence-corrected chi connectivity index (χ1v) is 7.90. The van der Waals surface area contributed by atoms with Crippen LogP contribution in [0.25, 0.3) is 0 Å². The Bertz CT molecular complexity index is 365. The molecule has 0 spiro atoms. The van der Waals surface area contributed by atoms with Gasteiger partial charge < -0.3 is 10.1 Å². The van der Waals surface area contributed by atoms with Crippen molar-refractivity contribution in [2.24, 2.45) is 0 Å². The second-order valence-electron chi connectivity index (χ2n) is 4.25. The van der Waals surface area contributed by atoms with Gasteiger partial charge >= 0.3 is 0 Å². The highest BCUT2D eigenvalue weighted by atomic mass is 79.9. The van der Waals surface area contributed by atoms with E-state index >= 15 is 0 Å². The summed E-state index contributed by atoms with van der Waals surface area (Å²) in [6.45, 7) is 8.00. The highest BCUT2D eigenvalue weighted by molar-refractivity contribution is 9.10. The molecule has 4 heteroatoms. The first-order valence-electron chi connectivity index (χ1n) is 7.10. The number of halogens is 1. The number of rotatable bonds is 8. The molecule has 0 bridgehead atoms. The number of carbonyl (C=O) groups excluding carboxylic acids is 1. The zero-order valence-electron chi connectivity index (χ0n) is 12.9. The maximum atomic E-state index is 11.7. The number of methoxy groups -OCH3 is 1. The van der Waals surface area contributed by atoms with Gasteiger partial charge in [0.15, 0.2) is 0 Å². The van der Waals surface area contributed by atoms with Crippen molar-refractivity contribution in [2.45, 2.75) is 33.1 Å². The third kappa shape index (κ3) is 7.78. The van der Waals surface area contributed by atoms with Crippen molar-refractivity contribution >= 4 is 21.7 Å². The molecule has 0 saturated heterocycles. The largest absolute Gasteiger partial charge is 0.383 e. The molecular weight excluding hydrogens is 318 g/mol. The van der Waals surface area contributed by atoms with Gasteiger partial charge in [0.2, 0.25) is 0 Å². The van der Waals surface area contributed by atoms with Crippen molar-refractivity contribution in [3.05, 3.63) is 34.3 Å². The average molecular weight is 344 g/mol. The molecule has 1 aromatic rings. The van der Waals surface area contributed by atoms with Crippen molar-refractivity contribution in [1.29, 1.82) is 0 Å². The van der Waals surface area contributed by atoms with Gasteiger partial charge in [0.25, 0.3) is 0 Å². The van der Waals surface area contributed by atoms with E-state index in [2.05, 4.69) is 21.2 Å². The summed E-state index contributed by atoms with van der Waals surface area (Å²) in [5.41, 5.74) is 1.08. The number of hydrogen-bond donors (Lipinski definition) is 1. The van der Waals surface area contributed by atoms with Gasteiger partial charge in [-0.25, -0.2) is 0 Å². The van der Waals surface area contributed by atoms with Gasteiger partial charge in [0.05, 0.1) is 6.61 Å². The highest BCUT2D eigenvalue weighted by Gasteiger charge is 2.15. The topological polar surface area (TPSA) is 38.3 Å². The van der Waals surface area contributed by atoms with Crippen molar-refractivity contribution in [3.63, 3.8) is 0 Å². The van der Waals surface area contributed by atoms with E-state index in [1.54, 1.807) is 14.0 Å². The molecule has 0 aliphatic rings. The van der Waals surface area contributed by atoms with E-state index in [1.165, 1.54) is 0 Å². The normalized spacial score (nSPS) is 11.4. The van der Waals surface area contributed by atoms with E-state index in [9.17, 15) is 4.79 Å². The number of Topliss-reactive ketones (excluding diaryl/α,β-unsaturated/α-hetero) is 1. The summed E-state index contributed by atoms with van der Waals surface area (Å²) in [7, 11) is 1.68.